The van der Waals surface area contributed by atoms with Crippen LogP contribution in [-0.4, -0.2) is 29.4 Å². The van der Waals surface area contributed by atoms with E-state index >= 15 is 0 Å². The van der Waals surface area contributed by atoms with Crippen LogP contribution >= 0.6 is 0 Å². The molecule has 1 aromatic heterocycles. The van der Waals surface area contributed by atoms with Crippen molar-refractivity contribution in [2.45, 2.75) is 31.9 Å². The summed E-state index contributed by atoms with van der Waals surface area (Å²) in [6, 6.07) is 8.05. The van der Waals surface area contributed by atoms with E-state index in [0.717, 1.165) is 28.6 Å². The maximum absolute atomic E-state index is 13.3. The Bertz CT molecular complexity index is 1260. The fourth-order valence-electron chi connectivity index (χ4n) is 4.42. The number of carbonyl (C=O) groups is 1. The van der Waals surface area contributed by atoms with Crippen LogP contribution in [0.1, 0.15) is 51.7 Å². The van der Waals surface area contributed by atoms with Gasteiger partial charge in [-0.2, -0.15) is 13.2 Å². The number of anilines is 1. The number of rotatable bonds is 2. The lowest BCUT2D eigenvalue weighted by Crippen LogP contribution is -2.32. The highest BCUT2D eigenvalue weighted by Crippen LogP contribution is 2.41. The SMILES string of the molecule is C[C@H]1OCc2c(N)nc3ccc(C(=O)N(C)[C@@H]4COc5cc(C(F)(F)F)ccc54)cc3c21. The van der Waals surface area contributed by atoms with Crippen molar-refractivity contribution in [1.29, 1.82) is 0 Å². The molecule has 0 spiro atoms. The first-order valence-electron chi connectivity index (χ1n) is 10.1. The van der Waals surface area contributed by atoms with E-state index in [9.17, 15) is 18.0 Å². The summed E-state index contributed by atoms with van der Waals surface area (Å²) in [5.74, 6) is 0.294. The summed E-state index contributed by atoms with van der Waals surface area (Å²) in [4.78, 5) is 19.2. The van der Waals surface area contributed by atoms with Crippen LogP contribution < -0.4 is 10.5 Å². The molecule has 2 aliphatic rings. The van der Waals surface area contributed by atoms with Crippen LogP contribution in [-0.2, 0) is 17.5 Å². The van der Waals surface area contributed by atoms with Gasteiger partial charge in [0.25, 0.3) is 5.91 Å². The molecule has 0 aliphatic carbocycles. The topological polar surface area (TPSA) is 77.7 Å². The number of amides is 1. The first-order chi connectivity index (χ1) is 15.1. The Morgan fingerprint density at radius 1 is 1.22 bits per heavy atom. The van der Waals surface area contributed by atoms with Crippen LogP contribution in [0.3, 0.4) is 0 Å². The molecule has 0 bridgehead atoms. The second-order valence-corrected chi connectivity index (χ2v) is 8.07. The number of hydrogen-bond donors (Lipinski definition) is 1. The Balaban J connectivity index is 1.48. The third kappa shape index (κ3) is 3.15. The van der Waals surface area contributed by atoms with Crippen LogP contribution in [0.15, 0.2) is 36.4 Å². The minimum absolute atomic E-state index is 0.0881. The summed E-state index contributed by atoms with van der Waals surface area (Å²) in [5.41, 5.74) is 8.70. The monoisotopic (exact) mass is 443 g/mol. The van der Waals surface area contributed by atoms with Crippen molar-refractivity contribution in [3.8, 4) is 5.75 Å². The Labute approximate surface area is 181 Å². The zero-order chi connectivity index (χ0) is 22.8. The number of fused-ring (bicyclic) bond motifs is 4. The molecule has 166 valence electrons. The summed E-state index contributed by atoms with van der Waals surface area (Å²) in [6.07, 6.45) is -4.62. The lowest BCUT2D eigenvalue weighted by molar-refractivity contribution is -0.137. The lowest BCUT2D eigenvalue weighted by atomic mass is 9.98. The van der Waals surface area contributed by atoms with Crippen molar-refractivity contribution in [3.63, 3.8) is 0 Å². The molecule has 5 rings (SSSR count). The third-order valence-corrected chi connectivity index (χ3v) is 6.18. The molecule has 0 fully saturated rings. The fraction of sp³-hybridized carbons (Fsp3) is 0.304. The van der Waals surface area contributed by atoms with Gasteiger partial charge in [0.15, 0.2) is 0 Å². The molecule has 32 heavy (non-hydrogen) atoms. The van der Waals surface area contributed by atoms with Crippen molar-refractivity contribution in [1.82, 2.24) is 9.88 Å². The first kappa shape index (κ1) is 20.6. The summed E-state index contributed by atoms with van der Waals surface area (Å²) >= 11 is 0. The Hall–Kier alpha value is -3.33. The van der Waals surface area contributed by atoms with Gasteiger partial charge in [-0.05, 0) is 42.8 Å². The molecule has 9 heteroatoms. The zero-order valence-electron chi connectivity index (χ0n) is 17.4. The summed E-state index contributed by atoms with van der Waals surface area (Å²) in [5, 5.41) is 0.802. The molecule has 0 radical (unpaired) electrons. The Kier molecular flexibility index (Phi) is 4.56. The highest BCUT2D eigenvalue weighted by atomic mass is 19.4. The number of pyridine rings is 1. The maximum Gasteiger partial charge on any atom is 0.416 e. The van der Waals surface area contributed by atoms with Crippen LogP contribution in [0, 0.1) is 0 Å². The molecule has 6 nitrogen and oxygen atoms in total. The van der Waals surface area contributed by atoms with Crippen LogP contribution in [0.25, 0.3) is 10.9 Å². The minimum atomic E-state index is -4.46. The maximum atomic E-state index is 13.3. The molecular formula is C23H20F3N3O3. The molecular weight excluding hydrogens is 423 g/mol. The van der Waals surface area contributed by atoms with E-state index in [-0.39, 0.29) is 24.4 Å². The van der Waals surface area contributed by atoms with Crippen molar-refractivity contribution >= 4 is 22.6 Å². The Morgan fingerprint density at radius 2 is 2.00 bits per heavy atom. The van der Waals surface area contributed by atoms with E-state index in [0.29, 0.717) is 29.1 Å². The summed E-state index contributed by atoms with van der Waals surface area (Å²) in [7, 11) is 1.62. The van der Waals surface area contributed by atoms with E-state index in [1.54, 1.807) is 25.2 Å². The fourth-order valence-corrected chi connectivity index (χ4v) is 4.42. The molecule has 2 aliphatic heterocycles. The highest BCUT2D eigenvalue weighted by molar-refractivity contribution is 5.99. The van der Waals surface area contributed by atoms with E-state index in [1.165, 1.54) is 11.0 Å². The third-order valence-electron chi connectivity index (χ3n) is 6.18. The second kappa shape index (κ2) is 7.09. The average Bonchev–Trinajstić information content (AvgIpc) is 3.36. The number of benzene rings is 2. The van der Waals surface area contributed by atoms with Crippen molar-refractivity contribution < 1.29 is 27.4 Å². The van der Waals surface area contributed by atoms with E-state index < -0.39 is 17.8 Å². The van der Waals surface area contributed by atoms with Gasteiger partial charge in [0.05, 0.1) is 29.8 Å². The molecule has 2 N–H and O–H groups in total. The molecule has 2 aromatic carbocycles. The number of hydrogen-bond acceptors (Lipinski definition) is 5. The van der Waals surface area contributed by atoms with Crippen LogP contribution in [0.5, 0.6) is 5.75 Å². The van der Waals surface area contributed by atoms with Gasteiger partial charge >= 0.3 is 6.18 Å². The number of halogens is 3. The standard InChI is InChI=1S/C23H20F3N3O3/c1-11-20-15-7-12(3-6-17(15)28-21(27)16(20)9-31-11)22(30)29(2)18-10-32-19-8-13(23(24,25)26)4-5-14(18)19/h3-8,11,18H,9-10H2,1-2H3,(H2,27,28)/t11-,18-/m1/s1. The number of aromatic nitrogens is 1. The van der Waals surface area contributed by atoms with E-state index in [1.807, 2.05) is 6.92 Å². The number of nitrogens with zero attached hydrogens (tertiary/aromatic N) is 2. The normalized spacial score (nSPS) is 19.5. The van der Waals surface area contributed by atoms with Crippen molar-refractivity contribution in [2.75, 3.05) is 19.4 Å². The van der Waals surface area contributed by atoms with Gasteiger partial charge in [-0.1, -0.05) is 6.07 Å². The molecule has 3 heterocycles. The molecule has 0 unspecified atom stereocenters. The summed E-state index contributed by atoms with van der Waals surface area (Å²) < 4.78 is 50.2. The number of nitrogen functional groups attached to an aromatic ring is 1. The molecule has 0 saturated carbocycles. The number of nitrogens with two attached hydrogens (primary N) is 1. The van der Waals surface area contributed by atoms with Gasteiger partial charge < -0.3 is 20.1 Å². The molecule has 3 aromatic rings. The van der Waals surface area contributed by atoms with Crippen molar-refractivity contribution in [3.05, 3.63) is 64.2 Å². The highest BCUT2D eigenvalue weighted by Gasteiger charge is 2.36. The molecule has 2 atom stereocenters. The van der Waals surface area contributed by atoms with E-state index in [4.69, 9.17) is 15.2 Å². The van der Waals surface area contributed by atoms with E-state index in [2.05, 4.69) is 4.98 Å². The van der Waals surface area contributed by atoms with Crippen LogP contribution in [0.2, 0.25) is 0 Å². The Morgan fingerprint density at radius 3 is 2.75 bits per heavy atom. The van der Waals surface area contributed by atoms with Gasteiger partial charge in [0.2, 0.25) is 0 Å². The predicted octanol–water partition coefficient (Wildman–Crippen LogP) is 4.63. The van der Waals surface area contributed by atoms with Gasteiger partial charge in [0.1, 0.15) is 18.2 Å². The van der Waals surface area contributed by atoms with Crippen molar-refractivity contribution in [2.24, 2.45) is 0 Å². The summed E-state index contributed by atoms with van der Waals surface area (Å²) in [6.45, 7) is 2.39. The van der Waals surface area contributed by atoms with Gasteiger partial charge in [-0.3, -0.25) is 4.79 Å². The number of ether oxygens (including phenoxy) is 2. The molecule has 1 amide bonds. The predicted molar refractivity (Wildman–Crippen MR) is 111 cm³/mol. The van der Waals surface area contributed by atoms with Crippen LogP contribution in [0.4, 0.5) is 19.0 Å². The number of alkyl halides is 3. The van der Waals surface area contributed by atoms with Gasteiger partial charge in [0, 0.05) is 29.1 Å². The lowest BCUT2D eigenvalue weighted by Gasteiger charge is -2.24. The largest absolute Gasteiger partial charge is 0.491 e. The quantitative estimate of drug-likeness (QED) is 0.625. The minimum Gasteiger partial charge on any atom is -0.491 e. The smallest absolute Gasteiger partial charge is 0.416 e. The molecule has 0 saturated heterocycles. The zero-order valence-corrected chi connectivity index (χ0v) is 17.4. The number of likely N-dealkylation sites (N-methyl/N-ethyl adjacent to an activating group) is 1. The second-order valence-electron chi connectivity index (χ2n) is 8.07. The number of carbonyl (C=O) groups excluding carboxylic acids is 1. The average molecular weight is 443 g/mol. The van der Waals surface area contributed by atoms with Gasteiger partial charge in [-0.25, -0.2) is 4.98 Å². The first-order valence-corrected chi connectivity index (χ1v) is 10.1. The van der Waals surface area contributed by atoms with Gasteiger partial charge in [-0.15, -0.1) is 0 Å².